The van der Waals surface area contributed by atoms with Crippen molar-refractivity contribution in [3.8, 4) is 0 Å². The number of carbonyl (C=O) groups is 1. The monoisotopic (exact) mass is 321 g/mol. The summed E-state index contributed by atoms with van der Waals surface area (Å²) in [6, 6.07) is 8.55. The van der Waals surface area contributed by atoms with Crippen LogP contribution in [0.4, 0.5) is 0 Å². The van der Waals surface area contributed by atoms with E-state index in [1.54, 1.807) is 17.4 Å². The molecule has 2 N–H and O–H groups in total. The molecule has 1 aromatic carbocycles. The Kier molecular flexibility index (Phi) is 6.68. The Morgan fingerprint density at radius 3 is 2.39 bits per heavy atom. The van der Waals surface area contributed by atoms with Gasteiger partial charge in [-0.2, -0.15) is 0 Å². The molecule has 0 bridgehead atoms. The van der Waals surface area contributed by atoms with Gasteiger partial charge in [-0.05, 0) is 41.2 Å². The van der Waals surface area contributed by atoms with Crippen LogP contribution in [0, 0.1) is 0 Å². The third-order valence-electron chi connectivity index (χ3n) is 1.92. The molecular weight excluding hydrogens is 313 g/mol. The molecule has 96 valence electrons. The van der Waals surface area contributed by atoms with Gasteiger partial charge < -0.3 is 5.73 Å². The third kappa shape index (κ3) is 4.96. The number of benzene rings is 1. The Bertz CT molecular complexity index is 514. The average molecular weight is 323 g/mol. The standard InChI is InChI=1S/C7H3Cl3O.C5H7NS/c8-4-1-2-5(7(10)11)6(9)3-4;6-4-5-2-1-3-7-5/h1-3H;1-3H,4,6H2. The maximum absolute atomic E-state index is 10.6. The van der Waals surface area contributed by atoms with Crippen molar-refractivity contribution in [3.63, 3.8) is 0 Å². The second kappa shape index (κ2) is 7.77. The molecule has 0 aliphatic carbocycles. The molecule has 0 amide bonds. The van der Waals surface area contributed by atoms with Crippen LogP contribution in [-0.2, 0) is 6.54 Å². The van der Waals surface area contributed by atoms with Crippen LogP contribution in [0.1, 0.15) is 15.2 Å². The van der Waals surface area contributed by atoms with Crippen LogP contribution in [-0.4, -0.2) is 5.24 Å². The molecule has 1 aromatic heterocycles. The summed E-state index contributed by atoms with van der Waals surface area (Å²) in [6.45, 7) is 0.678. The van der Waals surface area contributed by atoms with E-state index in [9.17, 15) is 4.79 Å². The molecule has 18 heavy (non-hydrogen) atoms. The van der Waals surface area contributed by atoms with Crippen molar-refractivity contribution >= 4 is 51.4 Å². The van der Waals surface area contributed by atoms with Crippen LogP contribution >= 0.6 is 46.1 Å². The van der Waals surface area contributed by atoms with Gasteiger partial charge in [0.1, 0.15) is 0 Å². The Labute approximate surface area is 124 Å². The predicted molar refractivity (Wildman–Crippen MR) is 78.9 cm³/mol. The number of halogens is 3. The zero-order valence-electron chi connectivity index (χ0n) is 9.20. The molecular formula is C12H10Cl3NOS. The van der Waals surface area contributed by atoms with Gasteiger partial charge in [0.2, 0.25) is 0 Å². The SMILES string of the molecule is NCc1cccs1.O=C(Cl)c1ccc(Cl)cc1Cl. The lowest BCUT2D eigenvalue weighted by Gasteiger charge is -1.96. The van der Waals surface area contributed by atoms with Gasteiger partial charge >= 0.3 is 0 Å². The number of carbonyl (C=O) groups excluding carboxylic acids is 1. The molecule has 0 atom stereocenters. The van der Waals surface area contributed by atoms with Crippen molar-refractivity contribution in [2.24, 2.45) is 5.73 Å². The van der Waals surface area contributed by atoms with Crippen LogP contribution in [0.25, 0.3) is 0 Å². The molecule has 0 aliphatic heterocycles. The second-order valence-electron chi connectivity index (χ2n) is 3.18. The van der Waals surface area contributed by atoms with Gasteiger partial charge in [-0.1, -0.05) is 29.3 Å². The average Bonchev–Trinajstić information content (AvgIpc) is 2.81. The van der Waals surface area contributed by atoms with Crippen LogP contribution in [0.2, 0.25) is 10.0 Å². The van der Waals surface area contributed by atoms with E-state index in [4.69, 9.17) is 40.5 Å². The summed E-state index contributed by atoms with van der Waals surface area (Å²) in [6.07, 6.45) is 0. The minimum absolute atomic E-state index is 0.275. The normalized spacial score (nSPS) is 9.56. The second-order valence-corrected chi connectivity index (χ2v) is 5.40. The minimum Gasteiger partial charge on any atom is -0.326 e. The van der Waals surface area contributed by atoms with E-state index in [1.165, 1.54) is 17.0 Å². The summed E-state index contributed by atoms with van der Waals surface area (Å²) >= 11 is 18.1. The molecule has 6 heteroatoms. The number of hydrogen-bond acceptors (Lipinski definition) is 3. The van der Waals surface area contributed by atoms with Crippen LogP contribution in [0.3, 0.4) is 0 Å². The lowest BCUT2D eigenvalue weighted by molar-refractivity contribution is 0.108. The Hall–Kier alpha value is -0.580. The minimum atomic E-state index is -0.577. The third-order valence-corrected chi connectivity index (χ3v) is 3.57. The van der Waals surface area contributed by atoms with Crippen molar-refractivity contribution in [1.29, 1.82) is 0 Å². The summed E-state index contributed by atoms with van der Waals surface area (Å²) in [4.78, 5) is 11.9. The molecule has 0 radical (unpaired) electrons. The van der Waals surface area contributed by atoms with Gasteiger partial charge in [-0.25, -0.2) is 0 Å². The molecule has 0 unspecified atom stereocenters. The highest BCUT2D eigenvalue weighted by atomic mass is 35.5. The molecule has 2 aromatic rings. The first kappa shape index (κ1) is 15.5. The zero-order chi connectivity index (χ0) is 13.5. The Morgan fingerprint density at radius 2 is 2.00 bits per heavy atom. The highest BCUT2D eigenvalue weighted by molar-refractivity contribution is 7.09. The summed E-state index contributed by atoms with van der Waals surface area (Å²) in [5.41, 5.74) is 5.58. The van der Waals surface area contributed by atoms with E-state index in [0.29, 0.717) is 11.6 Å². The van der Waals surface area contributed by atoms with Gasteiger partial charge in [0.05, 0.1) is 10.6 Å². The highest BCUT2D eigenvalue weighted by Crippen LogP contribution is 2.21. The van der Waals surface area contributed by atoms with Crippen molar-refractivity contribution in [2.45, 2.75) is 6.54 Å². The van der Waals surface area contributed by atoms with Crippen molar-refractivity contribution in [2.75, 3.05) is 0 Å². The first-order valence-corrected chi connectivity index (χ1v) is 6.93. The lowest BCUT2D eigenvalue weighted by Crippen LogP contribution is -1.90. The smallest absolute Gasteiger partial charge is 0.253 e. The molecule has 0 saturated heterocycles. The van der Waals surface area contributed by atoms with E-state index >= 15 is 0 Å². The Morgan fingerprint density at radius 1 is 1.28 bits per heavy atom. The molecule has 0 saturated carbocycles. The van der Waals surface area contributed by atoms with E-state index in [-0.39, 0.29) is 10.6 Å². The molecule has 0 spiro atoms. The predicted octanol–water partition coefficient (Wildman–Crippen LogP) is 4.58. The van der Waals surface area contributed by atoms with Crippen molar-refractivity contribution < 1.29 is 4.79 Å². The number of nitrogens with two attached hydrogens (primary N) is 1. The molecule has 0 fully saturated rings. The zero-order valence-corrected chi connectivity index (χ0v) is 12.3. The largest absolute Gasteiger partial charge is 0.326 e. The van der Waals surface area contributed by atoms with Gasteiger partial charge in [0, 0.05) is 16.4 Å². The topological polar surface area (TPSA) is 43.1 Å². The lowest BCUT2D eigenvalue weighted by atomic mass is 10.2. The fourth-order valence-corrected chi connectivity index (χ4v) is 2.37. The van der Waals surface area contributed by atoms with Crippen LogP contribution in [0.5, 0.6) is 0 Å². The highest BCUT2D eigenvalue weighted by Gasteiger charge is 2.06. The summed E-state index contributed by atoms with van der Waals surface area (Å²) in [7, 11) is 0. The van der Waals surface area contributed by atoms with Crippen LogP contribution in [0.15, 0.2) is 35.7 Å². The first-order chi connectivity index (χ1) is 8.54. The molecule has 0 aliphatic rings. The first-order valence-electron chi connectivity index (χ1n) is 4.92. The summed E-state index contributed by atoms with van der Waals surface area (Å²) < 4.78 is 0. The van der Waals surface area contributed by atoms with E-state index < -0.39 is 5.24 Å². The number of hydrogen-bond donors (Lipinski definition) is 1. The van der Waals surface area contributed by atoms with E-state index in [0.717, 1.165) is 0 Å². The molecule has 2 rings (SSSR count). The van der Waals surface area contributed by atoms with Gasteiger partial charge in [0.25, 0.3) is 5.24 Å². The quantitative estimate of drug-likeness (QED) is 0.822. The van der Waals surface area contributed by atoms with E-state index in [1.807, 2.05) is 17.5 Å². The van der Waals surface area contributed by atoms with Crippen molar-refractivity contribution in [3.05, 3.63) is 56.2 Å². The van der Waals surface area contributed by atoms with Crippen molar-refractivity contribution in [1.82, 2.24) is 0 Å². The fraction of sp³-hybridized carbons (Fsp3) is 0.0833. The molecule has 1 heterocycles. The summed E-state index contributed by atoms with van der Waals surface area (Å²) in [5, 5.41) is 2.21. The molecule has 2 nitrogen and oxygen atoms in total. The number of thiophene rings is 1. The van der Waals surface area contributed by atoms with Gasteiger partial charge in [-0.3, -0.25) is 4.79 Å². The van der Waals surface area contributed by atoms with Crippen LogP contribution < -0.4 is 5.73 Å². The van der Waals surface area contributed by atoms with Gasteiger partial charge in [-0.15, -0.1) is 11.3 Å². The Balaban J connectivity index is 0.000000199. The summed E-state index contributed by atoms with van der Waals surface area (Å²) in [5.74, 6) is 0. The number of rotatable bonds is 2. The maximum Gasteiger partial charge on any atom is 0.253 e. The van der Waals surface area contributed by atoms with Gasteiger partial charge in [0.15, 0.2) is 0 Å². The fourth-order valence-electron chi connectivity index (χ4n) is 1.08. The van der Waals surface area contributed by atoms with E-state index in [2.05, 4.69) is 0 Å². The maximum atomic E-state index is 10.6.